The fourth-order valence-electron chi connectivity index (χ4n) is 3.12. The molecule has 25 heavy (non-hydrogen) atoms. The Morgan fingerprint density at radius 3 is 2.68 bits per heavy atom. The molecule has 1 heterocycles. The molecule has 0 aliphatic carbocycles. The minimum atomic E-state index is 0. The maximum Gasteiger partial charge on any atom is 0.191 e. The molecule has 6 heteroatoms. The van der Waals surface area contributed by atoms with E-state index in [-0.39, 0.29) is 24.0 Å². The fourth-order valence-corrected chi connectivity index (χ4v) is 3.25. The predicted octanol–water partition coefficient (Wildman–Crippen LogP) is 3.79. The monoisotopic (exact) mass is 478 g/mol. The molecule has 1 aromatic carbocycles. The number of benzene rings is 1. The number of halogens is 2. The number of hydrogen-bond acceptors (Lipinski definition) is 2. The lowest BCUT2D eigenvalue weighted by Gasteiger charge is -2.15. The van der Waals surface area contributed by atoms with Gasteiger partial charge in [-0.25, -0.2) is 0 Å². The Hall–Kier alpha value is -0.530. The highest BCUT2D eigenvalue weighted by Gasteiger charge is 2.21. The number of nitrogens with zero attached hydrogens (tertiary/aromatic N) is 2. The van der Waals surface area contributed by atoms with Crippen molar-refractivity contribution < 1.29 is 0 Å². The molecule has 0 amide bonds. The van der Waals surface area contributed by atoms with Gasteiger partial charge in [-0.1, -0.05) is 30.7 Å². The Labute approximate surface area is 174 Å². The van der Waals surface area contributed by atoms with Gasteiger partial charge in [-0.2, -0.15) is 0 Å². The van der Waals surface area contributed by atoms with Gasteiger partial charge in [0.25, 0.3) is 0 Å². The first-order valence-electron chi connectivity index (χ1n) is 9.20. The Morgan fingerprint density at radius 2 is 2.00 bits per heavy atom. The van der Waals surface area contributed by atoms with Crippen molar-refractivity contribution in [3.63, 3.8) is 0 Å². The third kappa shape index (κ3) is 8.60. The molecule has 4 nitrogen and oxygen atoms in total. The first-order valence-corrected chi connectivity index (χ1v) is 9.58. The SMILES string of the molecule is CCCN1CCC(CN=C(NCC)NCCc2ccc(Cl)cc2)C1.I. The highest BCUT2D eigenvalue weighted by molar-refractivity contribution is 14.0. The van der Waals surface area contributed by atoms with Crippen LogP contribution in [0.5, 0.6) is 0 Å². The van der Waals surface area contributed by atoms with Crippen molar-refractivity contribution in [2.24, 2.45) is 10.9 Å². The zero-order valence-corrected chi connectivity index (χ0v) is 18.5. The second-order valence-corrected chi connectivity index (χ2v) is 6.91. The number of rotatable bonds is 8. The molecule has 142 valence electrons. The Kier molecular flexibility index (Phi) is 11.5. The lowest BCUT2D eigenvalue weighted by Crippen LogP contribution is -2.38. The molecule has 0 bridgehead atoms. The molecule has 2 rings (SSSR count). The topological polar surface area (TPSA) is 39.7 Å². The van der Waals surface area contributed by atoms with Crippen molar-refractivity contribution in [1.82, 2.24) is 15.5 Å². The van der Waals surface area contributed by atoms with E-state index in [9.17, 15) is 0 Å². The lowest BCUT2D eigenvalue weighted by atomic mass is 10.1. The summed E-state index contributed by atoms with van der Waals surface area (Å²) in [6, 6.07) is 8.04. The van der Waals surface area contributed by atoms with Gasteiger partial charge in [-0.3, -0.25) is 4.99 Å². The average molecular weight is 479 g/mol. The molecular formula is C19H32ClIN4. The van der Waals surface area contributed by atoms with Crippen molar-refractivity contribution in [3.05, 3.63) is 34.9 Å². The Balaban J connectivity index is 0.00000312. The number of hydrogen-bond donors (Lipinski definition) is 2. The quantitative estimate of drug-likeness (QED) is 0.339. The lowest BCUT2D eigenvalue weighted by molar-refractivity contribution is 0.326. The third-order valence-corrected chi connectivity index (χ3v) is 4.63. The van der Waals surface area contributed by atoms with Crippen molar-refractivity contribution in [1.29, 1.82) is 0 Å². The average Bonchev–Trinajstić information content (AvgIpc) is 3.02. The van der Waals surface area contributed by atoms with Crippen LogP contribution < -0.4 is 10.6 Å². The second kappa shape index (κ2) is 12.8. The second-order valence-electron chi connectivity index (χ2n) is 6.48. The molecular weight excluding hydrogens is 447 g/mol. The van der Waals surface area contributed by atoms with Gasteiger partial charge in [-0.15, -0.1) is 24.0 Å². The molecule has 2 N–H and O–H groups in total. The summed E-state index contributed by atoms with van der Waals surface area (Å²) >= 11 is 5.92. The van der Waals surface area contributed by atoms with Gasteiger partial charge in [0.05, 0.1) is 0 Å². The van der Waals surface area contributed by atoms with Gasteiger partial charge in [0, 0.05) is 31.2 Å². The molecule has 1 aromatic rings. The van der Waals surface area contributed by atoms with E-state index in [2.05, 4.69) is 41.5 Å². The highest BCUT2D eigenvalue weighted by Crippen LogP contribution is 2.16. The van der Waals surface area contributed by atoms with E-state index < -0.39 is 0 Å². The number of aliphatic imine (C=N–C) groups is 1. The summed E-state index contributed by atoms with van der Waals surface area (Å²) in [5, 5.41) is 7.57. The van der Waals surface area contributed by atoms with Gasteiger partial charge >= 0.3 is 0 Å². The fraction of sp³-hybridized carbons (Fsp3) is 0.632. The number of likely N-dealkylation sites (tertiary alicyclic amines) is 1. The van der Waals surface area contributed by atoms with E-state index >= 15 is 0 Å². The summed E-state index contributed by atoms with van der Waals surface area (Å²) in [7, 11) is 0. The minimum Gasteiger partial charge on any atom is -0.357 e. The van der Waals surface area contributed by atoms with E-state index in [1.807, 2.05) is 12.1 Å². The predicted molar refractivity (Wildman–Crippen MR) is 119 cm³/mol. The summed E-state index contributed by atoms with van der Waals surface area (Å²) in [6.07, 6.45) is 3.48. The zero-order chi connectivity index (χ0) is 17.2. The number of guanidine groups is 1. The minimum absolute atomic E-state index is 0. The largest absolute Gasteiger partial charge is 0.357 e. The zero-order valence-electron chi connectivity index (χ0n) is 15.4. The Bertz CT molecular complexity index is 507. The van der Waals surface area contributed by atoms with E-state index in [0.29, 0.717) is 5.92 Å². The molecule has 1 saturated heterocycles. The van der Waals surface area contributed by atoms with Crippen LogP contribution in [-0.2, 0) is 6.42 Å². The normalized spacial score (nSPS) is 18.0. The molecule has 0 aromatic heterocycles. The summed E-state index contributed by atoms with van der Waals surface area (Å²) in [6.45, 7) is 10.7. The first kappa shape index (κ1) is 22.5. The van der Waals surface area contributed by atoms with Gasteiger partial charge in [0.15, 0.2) is 5.96 Å². The van der Waals surface area contributed by atoms with Crippen molar-refractivity contribution >= 4 is 41.5 Å². The Morgan fingerprint density at radius 1 is 1.24 bits per heavy atom. The van der Waals surface area contributed by atoms with E-state index in [1.165, 1.54) is 38.0 Å². The molecule has 1 aliphatic heterocycles. The number of nitrogens with one attached hydrogen (secondary N) is 2. The van der Waals surface area contributed by atoms with Gasteiger partial charge in [-0.05, 0) is 62.9 Å². The molecule has 0 radical (unpaired) electrons. The van der Waals surface area contributed by atoms with Crippen LogP contribution in [0.15, 0.2) is 29.3 Å². The standard InChI is InChI=1S/C19H31ClN4.HI/c1-3-12-24-13-10-17(15-24)14-23-19(21-4-2)22-11-9-16-5-7-18(20)8-6-16;/h5-8,17H,3-4,9-15H2,1-2H3,(H2,21,22,23);1H. The molecule has 0 saturated carbocycles. The summed E-state index contributed by atoms with van der Waals surface area (Å²) in [5.41, 5.74) is 1.29. The van der Waals surface area contributed by atoms with Gasteiger partial charge in [0.1, 0.15) is 0 Å². The molecule has 1 aliphatic rings. The summed E-state index contributed by atoms with van der Waals surface area (Å²) in [4.78, 5) is 7.34. The van der Waals surface area contributed by atoms with Crippen molar-refractivity contribution in [3.8, 4) is 0 Å². The maximum atomic E-state index is 5.92. The first-order chi connectivity index (χ1) is 11.7. The molecule has 1 fully saturated rings. The molecule has 0 spiro atoms. The van der Waals surface area contributed by atoms with Crippen LogP contribution in [0.1, 0.15) is 32.3 Å². The van der Waals surface area contributed by atoms with Crippen LogP contribution in [0.3, 0.4) is 0 Å². The maximum absolute atomic E-state index is 5.92. The highest BCUT2D eigenvalue weighted by atomic mass is 127. The summed E-state index contributed by atoms with van der Waals surface area (Å²) in [5.74, 6) is 1.63. The van der Waals surface area contributed by atoms with Gasteiger partial charge < -0.3 is 15.5 Å². The van der Waals surface area contributed by atoms with Gasteiger partial charge in [0.2, 0.25) is 0 Å². The van der Waals surface area contributed by atoms with E-state index in [4.69, 9.17) is 16.6 Å². The molecule has 1 atom stereocenters. The third-order valence-electron chi connectivity index (χ3n) is 4.38. The van der Waals surface area contributed by atoms with Crippen LogP contribution in [0.4, 0.5) is 0 Å². The van der Waals surface area contributed by atoms with Crippen molar-refractivity contribution in [2.75, 3.05) is 39.3 Å². The van der Waals surface area contributed by atoms with Crippen LogP contribution >= 0.6 is 35.6 Å². The smallest absolute Gasteiger partial charge is 0.191 e. The van der Waals surface area contributed by atoms with E-state index in [0.717, 1.165) is 37.0 Å². The summed E-state index contributed by atoms with van der Waals surface area (Å²) < 4.78 is 0. The van der Waals surface area contributed by atoms with Crippen LogP contribution in [0, 0.1) is 5.92 Å². The van der Waals surface area contributed by atoms with Crippen molar-refractivity contribution in [2.45, 2.75) is 33.1 Å². The molecule has 1 unspecified atom stereocenters. The van der Waals surface area contributed by atoms with Crippen LogP contribution in [0.25, 0.3) is 0 Å². The van der Waals surface area contributed by atoms with E-state index in [1.54, 1.807) is 0 Å². The van der Waals surface area contributed by atoms with Crippen LogP contribution in [-0.4, -0.2) is 50.1 Å². The van der Waals surface area contributed by atoms with Crippen LogP contribution in [0.2, 0.25) is 5.02 Å².